The van der Waals surface area contributed by atoms with Gasteiger partial charge in [0, 0.05) is 59.5 Å². The van der Waals surface area contributed by atoms with E-state index in [1.807, 2.05) is 25.1 Å². The molecule has 1 aromatic carbocycles. The fourth-order valence-electron chi connectivity index (χ4n) is 4.84. The molecule has 0 saturated heterocycles. The minimum atomic E-state index is -0.617. The zero-order valence-corrected chi connectivity index (χ0v) is 25.5. The van der Waals surface area contributed by atoms with Gasteiger partial charge in [0.05, 0.1) is 22.8 Å². The summed E-state index contributed by atoms with van der Waals surface area (Å²) in [6.45, 7) is 6.84. The number of anilines is 2. The normalized spacial score (nSPS) is 11.9. The number of nitrogens with one attached hydrogen (secondary N) is 4. The molecule has 230 valence electrons. The maximum Gasteiger partial charge on any atom is 0.229 e. The second-order valence-electron chi connectivity index (χ2n) is 12.1. The van der Waals surface area contributed by atoms with Crippen LogP contribution in [0.1, 0.15) is 20.8 Å². The number of hydrogen-bond acceptors (Lipinski definition) is 8. The van der Waals surface area contributed by atoms with Gasteiger partial charge >= 0.3 is 0 Å². The monoisotopic (exact) mass is 610 g/mol. The fraction of sp³-hybridized carbons (Fsp3) is 0.250. The molecule has 4 N–H and O–H groups in total. The number of pyridine rings is 3. The summed E-state index contributed by atoms with van der Waals surface area (Å²) in [4.78, 5) is 35.3. The highest BCUT2D eigenvalue weighted by Gasteiger charge is 2.23. The summed E-state index contributed by atoms with van der Waals surface area (Å²) in [5, 5.41) is 13.3. The van der Waals surface area contributed by atoms with Crippen LogP contribution in [0, 0.1) is 17.0 Å². The zero-order valence-electron chi connectivity index (χ0n) is 25.5. The van der Waals surface area contributed by atoms with Gasteiger partial charge in [0.15, 0.2) is 17.1 Å². The highest BCUT2D eigenvalue weighted by Crippen LogP contribution is 2.35. The Morgan fingerprint density at radius 3 is 2.53 bits per heavy atom. The van der Waals surface area contributed by atoms with E-state index >= 15 is 4.39 Å². The van der Waals surface area contributed by atoms with Gasteiger partial charge < -0.3 is 20.5 Å². The predicted molar refractivity (Wildman–Crippen MR) is 170 cm³/mol. The molecule has 0 bridgehead atoms. The van der Waals surface area contributed by atoms with Gasteiger partial charge in [-0.15, -0.1) is 0 Å². The summed E-state index contributed by atoms with van der Waals surface area (Å²) in [7, 11) is 3.94. The number of aromatic amines is 2. The number of fused-ring (bicyclic) bond motifs is 2. The fourth-order valence-corrected chi connectivity index (χ4v) is 4.84. The Kier molecular flexibility index (Phi) is 7.71. The molecule has 0 atom stereocenters. The number of rotatable bonds is 8. The Balaban J connectivity index is 1.38. The summed E-state index contributed by atoms with van der Waals surface area (Å²) in [5.74, 6) is -0.880. The van der Waals surface area contributed by atoms with Crippen LogP contribution in [0.3, 0.4) is 0 Å². The minimum Gasteiger partial charge on any atom is -0.384 e. The Bertz CT molecular complexity index is 2040. The maximum absolute atomic E-state index is 16.2. The van der Waals surface area contributed by atoms with Crippen LogP contribution in [0.5, 0.6) is 0 Å². The third kappa shape index (κ3) is 6.07. The summed E-state index contributed by atoms with van der Waals surface area (Å²) in [6, 6.07) is 8.17. The first-order valence-electron chi connectivity index (χ1n) is 14.3. The second-order valence-corrected chi connectivity index (χ2v) is 12.1. The lowest BCUT2D eigenvalue weighted by Gasteiger charge is -2.17. The molecule has 45 heavy (non-hydrogen) atoms. The van der Waals surface area contributed by atoms with Crippen molar-refractivity contribution in [1.82, 2.24) is 40.0 Å². The smallest absolute Gasteiger partial charge is 0.229 e. The van der Waals surface area contributed by atoms with Gasteiger partial charge in [0.2, 0.25) is 5.91 Å². The van der Waals surface area contributed by atoms with E-state index < -0.39 is 11.2 Å². The molecule has 0 spiro atoms. The van der Waals surface area contributed by atoms with Crippen molar-refractivity contribution in [1.29, 1.82) is 0 Å². The molecule has 13 heteroatoms. The summed E-state index contributed by atoms with van der Waals surface area (Å²) >= 11 is 0. The van der Waals surface area contributed by atoms with Gasteiger partial charge in [0.25, 0.3) is 0 Å². The largest absolute Gasteiger partial charge is 0.384 e. The van der Waals surface area contributed by atoms with Crippen molar-refractivity contribution >= 4 is 39.5 Å². The molecule has 0 saturated carbocycles. The Hall–Kier alpha value is -5.30. The Morgan fingerprint density at radius 1 is 0.956 bits per heavy atom. The molecule has 0 aliphatic rings. The molecule has 5 aromatic heterocycles. The molecule has 0 fully saturated rings. The summed E-state index contributed by atoms with van der Waals surface area (Å²) in [6.07, 6.45) is 5.97. The highest BCUT2D eigenvalue weighted by atomic mass is 19.1. The number of H-pyrrole nitrogens is 2. The number of carbonyl (C=O) groups excluding carboxylic acids is 1. The van der Waals surface area contributed by atoms with Crippen LogP contribution in [0.25, 0.3) is 56.0 Å². The van der Waals surface area contributed by atoms with Crippen LogP contribution in [0.2, 0.25) is 0 Å². The number of imidazole rings is 1. The molecule has 0 unspecified atom stereocenters. The molecule has 1 amide bonds. The summed E-state index contributed by atoms with van der Waals surface area (Å²) < 4.78 is 30.9. The first kappa shape index (κ1) is 29.8. The predicted octanol–water partition coefficient (Wildman–Crippen LogP) is 5.86. The lowest BCUT2D eigenvalue weighted by Crippen LogP contribution is -2.27. The van der Waals surface area contributed by atoms with Crippen molar-refractivity contribution in [3.05, 3.63) is 66.8 Å². The third-order valence-electron chi connectivity index (χ3n) is 7.23. The average Bonchev–Trinajstić information content (AvgIpc) is 3.61. The molecule has 6 rings (SSSR count). The van der Waals surface area contributed by atoms with Gasteiger partial charge in [-0.2, -0.15) is 5.10 Å². The number of amides is 1. The van der Waals surface area contributed by atoms with E-state index in [9.17, 15) is 9.18 Å². The van der Waals surface area contributed by atoms with Gasteiger partial charge in [-0.25, -0.2) is 23.7 Å². The lowest BCUT2D eigenvalue weighted by molar-refractivity contribution is -0.123. The molecule has 0 aliphatic carbocycles. The molecule has 6 aromatic rings. The first-order valence-corrected chi connectivity index (χ1v) is 14.3. The van der Waals surface area contributed by atoms with Crippen LogP contribution in [-0.4, -0.2) is 73.1 Å². The number of halogens is 2. The van der Waals surface area contributed by atoms with Crippen LogP contribution in [0.4, 0.5) is 20.2 Å². The van der Waals surface area contributed by atoms with E-state index in [0.717, 1.165) is 6.54 Å². The number of hydrogen-bond donors (Lipinski definition) is 4. The zero-order chi connectivity index (χ0) is 31.9. The van der Waals surface area contributed by atoms with Crippen LogP contribution >= 0.6 is 0 Å². The van der Waals surface area contributed by atoms with E-state index in [1.165, 1.54) is 30.7 Å². The minimum absolute atomic E-state index is 0.121. The van der Waals surface area contributed by atoms with Crippen LogP contribution < -0.4 is 10.6 Å². The Labute approximate surface area is 257 Å². The van der Waals surface area contributed by atoms with Crippen LogP contribution in [-0.2, 0) is 4.79 Å². The average molecular weight is 611 g/mol. The van der Waals surface area contributed by atoms with Gasteiger partial charge in [-0.05, 0) is 50.0 Å². The van der Waals surface area contributed by atoms with E-state index in [-0.39, 0.29) is 39.8 Å². The number of nitrogens with zero attached hydrogens (tertiary/aromatic N) is 6. The number of likely N-dealkylation sites (N-methyl/N-ethyl adjacent to an activating group) is 1. The van der Waals surface area contributed by atoms with Crippen molar-refractivity contribution in [3.8, 4) is 33.8 Å². The van der Waals surface area contributed by atoms with Crippen molar-refractivity contribution in [2.75, 3.05) is 37.8 Å². The third-order valence-corrected chi connectivity index (χ3v) is 7.23. The lowest BCUT2D eigenvalue weighted by atomic mass is 9.95. The van der Waals surface area contributed by atoms with E-state index in [4.69, 9.17) is 0 Å². The van der Waals surface area contributed by atoms with E-state index in [2.05, 4.69) is 45.8 Å². The molecule has 0 radical (unpaired) electrons. The van der Waals surface area contributed by atoms with Crippen molar-refractivity contribution in [2.24, 2.45) is 5.41 Å². The van der Waals surface area contributed by atoms with Crippen LogP contribution in [0.15, 0.2) is 55.1 Å². The number of aromatic nitrogens is 7. The molecule has 11 nitrogen and oxygen atoms in total. The molecule has 5 heterocycles. The van der Waals surface area contributed by atoms with Gasteiger partial charge in [-0.1, -0.05) is 20.8 Å². The number of benzene rings is 1. The molecular formula is C32H32F2N10O. The van der Waals surface area contributed by atoms with Gasteiger partial charge in [0.1, 0.15) is 17.3 Å². The topological polar surface area (TPSA) is 140 Å². The summed E-state index contributed by atoms with van der Waals surface area (Å²) in [5.41, 5.74) is 3.72. The first-order chi connectivity index (χ1) is 21.5. The SMILES string of the molecule is CN(C)CCNc1cc(F)cc(-c2ccnc3nc(-c4[nH]nc5ncc(-c6cncc(NC(=O)C(C)(C)C)c6)c(F)c45)[nH]c23)c1. The molecular weight excluding hydrogens is 578 g/mol. The molecule has 0 aliphatic heterocycles. The number of carbonyl (C=O) groups is 1. The van der Waals surface area contributed by atoms with E-state index in [0.29, 0.717) is 45.8 Å². The van der Waals surface area contributed by atoms with Crippen molar-refractivity contribution < 1.29 is 13.6 Å². The van der Waals surface area contributed by atoms with Gasteiger partial charge in [-0.3, -0.25) is 14.9 Å². The Morgan fingerprint density at radius 2 is 1.76 bits per heavy atom. The van der Waals surface area contributed by atoms with E-state index in [1.54, 1.807) is 39.1 Å². The highest BCUT2D eigenvalue weighted by molar-refractivity contribution is 5.97. The standard InChI is InChI=1S/C32H32F2N10O/c1-32(2,3)31(45)39-21-12-18(14-35-15-21)23-16-38-28-24(25(23)34)27(42-43-28)30-40-26-22(6-7-37-29(26)41-30)17-10-19(33)13-20(11-17)36-8-9-44(4)5/h6-7,10-16,36H,8-9H2,1-5H3,(H,39,45)(H,37,40,41)(H,38,42,43). The maximum atomic E-state index is 16.2. The quantitative estimate of drug-likeness (QED) is 0.168. The second kappa shape index (κ2) is 11.7. The van der Waals surface area contributed by atoms with Crippen molar-refractivity contribution in [2.45, 2.75) is 20.8 Å². The van der Waals surface area contributed by atoms with Crippen molar-refractivity contribution in [3.63, 3.8) is 0 Å².